The standard InChI is InChI=1S/C15H28O.C14H26O/c1-12(16)13(2,3)10-11-15(6)9-7-8-14(15,4)5;1-11(12(2)15)7-10-14(5)9-6-8-13(14,3)4/h10-12,16H,7-9H2,1-6H3;7,10-12,15H,6,8-9H2,1-5H3. The fourth-order valence-electron chi connectivity index (χ4n) is 4.72. The van der Waals surface area contributed by atoms with Gasteiger partial charge in [0.05, 0.1) is 12.2 Å². The molecule has 2 aliphatic rings. The summed E-state index contributed by atoms with van der Waals surface area (Å²) in [6.07, 6.45) is 16.4. The normalized spacial score (nSPS) is 33.3. The second-order valence-corrected chi connectivity index (χ2v) is 13.1. The highest BCUT2D eigenvalue weighted by atomic mass is 16.3. The largest absolute Gasteiger partial charge is 0.393 e. The van der Waals surface area contributed by atoms with E-state index in [1.165, 1.54) is 38.5 Å². The smallest absolute Gasteiger partial charge is 0.0597 e. The van der Waals surface area contributed by atoms with E-state index in [0.29, 0.717) is 21.7 Å². The summed E-state index contributed by atoms with van der Waals surface area (Å²) < 4.78 is 0. The van der Waals surface area contributed by atoms with Crippen LogP contribution in [0.3, 0.4) is 0 Å². The Morgan fingerprint density at radius 1 is 0.710 bits per heavy atom. The van der Waals surface area contributed by atoms with Crippen LogP contribution < -0.4 is 0 Å². The van der Waals surface area contributed by atoms with Gasteiger partial charge in [-0.1, -0.05) is 99.5 Å². The van der Waals surface area contributed by atoms with Gasteiger partial charge in [0.2, 0.25) is 0 Å². The number of hydrogen-bond acceptors (Lipinski definition) is 2. The average Bonchev–Trinajstić information content (AvgIpc) is 3.06. The zero-order valence-electron chi connectivity index (χ0n) is 22.7. The van der Waals surface area contributed by atoms with Crippen molar-refractivity contribution < 1.29 is 10.2 Å². The van der Waals surface area contributed by atoms with E-state index in [9.17, 15) is 10.2 Å². The van der Waals surface area contributed by atoms with Gasteiger partial charge in [0, 0.05) is 5.41 Å². The van der Waals surface area contributed by atoms with E-state index in [4.69, 9.17) is 0 Å². The molecule has 0 aromatic carbocycles. The Labute approximate surface area is 194 Å². The predicted molar refractivity (Wildman–Crippen MR) is 136 cm³/mol. The lowest BCUT2D eigenvalue weighted by Crippen LogP contribution is -2.29. The first-order valence-corrected chi connectivity index (χ1v) is 12.7. The SMILES string of the molecule is CC(O)C(C)(C)C=CC1(C)CCCC1(C)C.CC(O)C(C)C=CC1(C)CCCC1(C)C. The first-order valence-electron chi connectivity index (χ1n) is 12.7. The van der Waals surface area contributed by atoms with E-state index in [2.05, 4.69) is 86.6 Å². The predicted octanol–water partition coefficient (Wildman–Crippen LogP) is 7.94. The lowest BCUT2D eigenvalue weighted by molar-refractivity contribution is 0.0974. The van der Waals surface area contributed by atoms with Crippen LogP contribution in [0.1, 0.15) is 115 Å². The van der Waals surface area contributed by atoms with Gasteiger partial charge in [-0.05, 0) is 67.1 Å². The molecule has 31 heavy (non-hydrogen) atoms. The third-order valence-electron chi connectivity index (χ3n) is 9.57. The molecule has 2 N–H and O–H groups in total. The molecule has 0 aliphatic heterocycles. The Balaban J connectivity index is 0.000000311. The van der Waals surface area contributed by atoms with Crippen molar-refractivity contribution in [3.05, 3.63) is 24.3 Å². The summed E-state index contributed by atoms with van der Waals surface area (Å²) in [5.41, 5.74) is 1.27. The molecule has 182 valence electrons. The second-order valence-electron chi connectivity index (χ2n) is 13.1. The number of aliphatic hydroxyl groups is 2. The third kappa shape index (κ3) is 6.94. The van der Waals surface area contributed by atoms with Crippen LogP contribution in [0.5, 0.6) is 0 Å². The molecule has 5 atom stereocenters. The van der Waals surface area contributed by atoms with Crippen LogP contribution in [0.4, 0.5) is 0 Å². The first-order chi connectivity index (χ1) is 13.9. The van der Waals surface area contributed by atoms with Crippen LogP contribution >= 0.6 is 0 Å². The molecule has 0 aromatic rings. The highest BCUT2D eigenvalue weighted by Gasteiger charge is 2.44. The maximum Gasteiger partial charge on any atom is 0.0597 e. The number of hydrogen-bond donors (Lipinski definition) is 2. The molecule has 0 amide bonds. The molecule has 5 unspecified atom stereocenters. The van der Waals surface area contributed by atoms with Crippen molar-refractivity contribution in [3.63, 3.8) is 0 Å². The van der Waals surface area contributed by atoms with E-state index < -0.39 is 0 Å². The number of aliphatic hydroxyl groups excluding tert-OH is 2. The van der Waals surface area contributed by atoms with Gasteiger partial charge in [-0.3, -0.25) is 0 Å². The van der Waals surface area contributed by atoms with Crippen LogP contribution in [0.2, 0.25) is 0 Å². The van der Waals surface area contributed by atoms with Crippen molar-refractivity contribution >= 4 is 0 Å². The quantitative estimate of drug-likeness (QED) is 0.416. The van der Waals surface area contributed by atoms with Crippen molar-refractivity contribution in [2.75, 3.05) is 0 Å². The van der Waals surface area contributed by atoms with Crippen molar-refractivity contribution in [3.8, 4) is 0 Å². The van der Waals surface area contributed by atoms with Gasteiger partial charge in [0.15, 0.2) is 0 Å². The molecule has 2 nitrogen and oxygen atoms in total. The summed E-state index contributed by atoms with van der Waals surface area (Å²) in [4.78, 5) is 0. The molecular weight excluding hydrogens is 380 g/mol. The average molecular weight is 435 g/mol. The number of allylic oxidation sites excluding steroid dienone is 2. The highest BCUT2D eigenvalue weighted by molar-refractivity contribution is 5.12. The van der Waals surface area contributed by atoms with Crippen molar-refractivity contribution in [1.29, 1.82) is 0 Å². The van der Waals surface area contributed by atoms with E-state index in [-0.39, 0.29) is 23.5 Å². The zero-order valence-corrected chi connectivity index (χ0v) is 22.7. The third-order valence-corrected chi connectivity index (χ3v) is 9.57. The lowest BCUT2D eigenvalue weighted by Gasteiger charge is -2.37. The van der Waals surface area contributed by atoms with Crippen LogP contribution in [-0.4, -0.2) is 22.4 Å². The van der Waals surface area contributed by atoms with Gasteiger partial charge in [0.1, 0.15) is 0 Å². The first kappa shape index (κ1) is 28.4. The molecule has 2 fully saturated rings. The summed E-state index contributed by atoms with van der Waals surface area (Å²) in [7, 11) is 0. The molecule has 0 spiro atoms. The Morgan fingerprint density at radius 3 is 1.45 bits per heavy atom. The lowest BCUT2D eigenvalue weighted by atomic mass is 9.68. The Hall–Kier alpha value is -0.600. The topological polar surface area (TPSA) is 40.5 Å². The maximum absolute atomic E-state index is 9.72. The summed E-state index contributed by atoms with van der Waals surface area (Å²) >= 11 is 0. The van der Waals surface area contributed by atoms with Gasteiger partial charge in [-0.2, -0.15) is 0 Å². The van der Waals surface area contributed by atoms with Gasteiger partial charge in [0.25, 0.3) is 0 Å². The fraction of sp³-hybridized carbons (Fsp3) is 0.862. The Morgan fingerprint density at radius 2 is 1.13 bits per heavy atom. The minimum Gasteiger partial charge on any atom is -0.393 e. The summed E-state index contributed by atoms with van der Waals surface area (Å²) in [6, 6.07) is 0. The molecule has 2 saturated carbocycles. The van der Waals surface area contributed by atoms with Crippen molar-refractivity contribution in [1.82, 2.24) is 0 Å². The molecule has 2 rings (SSSR count). The second kappa shape index (κ2) is 10.1. The zero-order chi connectivity index (χ0) is 24.3. The van der Waals surface area contributed by atoms with Gasteiger partial charge in [-0.25, -0.2) is 0 Å². The van der Waals surface area contributed by atoms with Crippen LogP contribution in [0.15, 0.2) is 24.3 Å². The Bertz CT molecular complexity index is 623. The van der Waals surface area contributed by atoms with Crippen molar-refractivity contribution in [2.45, 2.75) is 127 Å². The fourth-order valence-corrected chi connectivity index (χ4v) is 4.72. The van der Waals surface area contributed by atoms with E-state index in [1.54, 1.807) is 0 Å². The van der Waals surface area contributed by atoms with E-state index in [1.807, 2.05) is 13.8 Å². The number of rotatable bonds is 6. The van der Waals surface area contributed by atoms with Crippen LogP contribution in [0, 0.1) is 33.0 Å². The molecule has 0 saturated heterocycles. The molecule has 0 heterocycles. The highest BCUT2D eigenvalue weighted by Crippen LogP contribution is 2.54. The minimum atomic E-state index is -0.295. The molecule has 2 aliphatic carbocycles. The molecule has 0 radical (unpaired) electrons. The maximum atomic E-state index is 9.72. The summed E-state index contributed by atoms with van der Waals surface area (Å²) in [5, 5.41) is 19.2. The van der Waals surface area contributed by atoms with Crippen LogP contribution in [-0.2, 0) is 0 Å². The van der Waals surface area contributed by atoms with E-state index >= 15 is 0 Å². The van der Waals surface area contributed by atoms with E-state index in [0.717, 1.165) is 0 Å². The summed E-state index contributed by atoms with van der Waals surface area (Å²) in [5.74, 6) is 0.262. The summed E-state index contributed by atoms with van der Waals surface area (Å²) in [6.45, 7) is 24.1. The minimum absolute atomic E-state index is 0.123. The Kier molecular flexibility index (Phi) is 9.28. The van der Waals surface area contributed by atoms with Gasteiger partial charge >= 0.3 is 0 Å². The molecule has 0 aromatic heterocycles. The van der Waals surface area contributed by atoms with Gasteiger partial charge in [-0.15, -0.1) is 0 Å². The molecule has 2 heteroatoms. The van der Waals surface area contributed by atoms with Crippen LogP contribution in [0.25, 0.3) is 0 Å². The monoisotopic (exact) mass is 434 g/mol. The van der Waals surface area contributed by atoms with Gasteiger partial charge < -0.3 is 10.2 Å². The molecule has 0 bridgehead atoms. The molecular formula is C29H54O2. The van der Waals surface area contributed by atoms with Crippen molar-refractivity contribution in [2.24, 2.45) is 33.0 Å².